The zero-order valence-corrected chi connectivity index (χ0v) is 49.2. The van der Waals surface area contributed by atoms with Crippen LogP contribution in [0.15, 0.2) is 267 Å². The van der Waals surface area contributed by atoms with Gasteiger partial charge in [-0.1, -0.05) is 299 Å². The van der Waals surface area contributed by atoms with Gasteiger partial charge in [0.15, 0.2) is 0 Å². The molecule has 0 bridgehead atoms. The van der Waals surface area contributed by atoms with Gasteiger partial charge < -0.3 is 26.8 Å². The van der Waals surface area contributed by atoms with Crippen LogP contribution >= 0.6 is 31.9 Å². The Morgan fingerprint density at radius 1 is 0.308 bits per heavy atom. The van der Waals surface area contributed by atoms with Gasteiger partial charge in [-0.2, -0.15) is 0 Å². The number of nitrogens with one attached hydrogen (secondary N) is 1. The van der Waals surface area contributed by atoms with Gasteiger partial charge in [0.1, 0.15) is 19.6 Å². The maximum atomic E-state index is 3.69. The molecule has 78 heavy (non-hydrogen) atoms. The number of benzene rings is 12. The Balaban J connectivity index is 0.000000157. The summed E-state index contributed by atoms with van der Waals surface area (Å²) in [5, 5.41) is 15.5. The van der Waals surface area contributed by atoms with E-state index >= 15 is 0 Å². The summed E-state index contributed by atoms with van der Waals surface area (Å²) in [4.78, 5) is 0. The van der Waals surface area contributed by atoms with Gasteiger partial charge in [-0.3, -0.25) is 0 Å². The predicted octanol–water partition coefficient (Wildman–Crippen LogP) is 16.7. The van der Waals surface area contributed by atoms with Crippen LogP contribution in [-0.2, 0) is 43.4 Å². The summed E-state index contributed by atoms with van der Waals surface area (Å²) in [5.74, 6) is 0. The van der Waals surface area contributed by atoms with Crippen molar-refractivity contribution >= 4 is 74.9 Å². The molecule has 2 nitrogen and oxygen atoms in total. The standard InChI is InChI=1S/C37H34N.C22H16Br2.C14H15N.BrH/c1-28-21-22-31-17-9-11-19-34(31)36(28)37-33(24-23-32-18-10-12-20-35(32)37)27-38(2,25-29-13-5-3-6-14-29)26-30-15-7-4-8-16-30;23-13-17-11-9-15-5-1-3-7-19(15)21(17)22-18(14-24)12-10-16-6-2-4-8-20(16)22;1-3-7-13(8-4-1)11-15-12-14-9-5-2-6-10-14;/h3-24H,25-27H2,1-2H3;1-12H,13-14H2;1-10,15H,11-12H2;1H/q+1;;;/p-1. The van der Waals surface area contributed by atoms with E-state index in [0.717, 1.165) is 47.9 Å². The summed E-state index contributed by atoms with van der Waals surface area (Å²) in [6.45, 7) is 6.99. The minimum absolute atomic E-state index is 0. The molecule has 5 heteroatoms. The molecule has 12 aromatic carbocycles. The molecule has 388 valence electrons. The maximum absolute atomic E-state index is 3.69. The van der Waals surface area contributed by atoms with Crippen LogP contribution in [0.5, 0.6) is 0 Å². The maximum Gasteiger partial charge on any atom is 0.105 e. The van der Waals surface area contributed by atoms with E-state index in [1.54, 1.807) is 0 Å². The third-order valence-corrected chi connectivity index (χ3v) is 15.9. The highest BCUT2D eigenvalue weighted by Crippen LogP contribution is 2.42. The van der Waals surface area contributed by atoms with Gasteiger partial charge in [-0.25, -0.2) is 0 Å². The Morgan fingerprint density at radius 3 is 0.974 bits per heavy atom. The Labute approximate surface area is 489 Å². The minimum Gasteiger partial charge on any atom is -1.00 e. The highest BCUT2D eigenvalue weighted by Gasteiger charge is 2.27. The lowest BCUT2D eigenvalue weighted by Crippen LogP contribution is -3.00. The third kappa shape index (κ3) is 13.5. The molecular formula is C73H65Br3N2. The molecule has 0 aliphatic heterocycles. The van der Waals surface area contributed by atoms with Crippen LogP contribution in [0.3, 0.4) is 0 Å². The van der Waals surface area contributed by atoms with Gasteiger partial charge in [0.25, 0.3) is 0 Å². The first-order valence-corrected chi connectivity index (χ1v) is 29.0. The summed E-state index contributed by atoms with van der Waals surface area (Å²) in [5.41, 5.74) is 16.2. The van der Waals surface area contributed by atoms with E-state index in [0.29, 0.717) is 0 Å². The van der Waals surface area contributed by atoms with Crippen molar-refractivity contribution < 1.29 is 21.5 Å². The second-order valence-electron chi connectivity index (χ2n) is 20.3. The molecule has 12 aromatic rings. The lowest BCUT2D eigenvalue weighted by atomic mass is 9.87. The number of halogens is 3. The molecule has 0 radical (unpaired) electrons. The van der Waals surface area contributed by atoms with Crippen molar-refractivity contribution in [3.8, 4) is 22.3 Å². The fourth-order valence-electron chi connectivity index (χ4n) is 11.1. The quantitative estimate of drug-likeness (QED) is 0.0845. The first-order chi connectivity index (χ1) is 37.9. The molecule has 0 aliphatic rings. The van der Waals surface area contributed by atoms with Gasteiger partial charge >= 0.3 is 0 Å². The average Bonchev–Trinajstić information content (AvgIpc) is 3.68. The molecule has 0 unspecified atom stereocenters. The number of hydrogen-bond acceptors (Lipinski definition) is 1. The largest absolute Gasteiger partial charge is 1.00 e. The molecular weight excluding hydrogens is 1140 g/mol. The normalized spacial score (nSPS) is 11.1. The smallest absolute Gasteiger partial charge is 0.105 e. The Morgan fingerprint density at radius 2 is 0.603 bits per heavy atom. The van der Waals surface area contributed by atoms with Crippen molar-refractivity contribution in [2.75, 3.05) is 7.05 Å². The first-order valence-electron chi connectivity index (χ1n) is 26.7. The topological polar surface area (TPSA) is 12.0 Å². The molecule has 0 atom stereocenters. The van der Waals surface area contributed by atoms with Gasteiger partial charge in [0.2, 0.25) is 0 Å². The summed E-state index contributed by atoms with van der Waals surface area (Å²) >= 11 is 7.38. The molecule has 0 saturated heterocycles. The fraction of sp³-hybridized carbons (Fsp3) is 0.123. The Hall–Kier alpha value is -6.96. The van der Waals surface area contributed by atoms with E-state index in [2.05, 4.69) is 306 Å². The number of alkyl halides is 2. The van der Waals surface area contributed by atoms with E-state index in [-0.39, 0.29) is 17.0 Å². The molecule has 0 spiro atoms. The van der Waals surface area contributed by atoms with E-state index in [1.165, 1.54) is 110 Å². The highest BCUT2D eigenvalue weighted by atomic mass is 79.9. The Bertz CT molecular complexity index is 3700. The highest BCUT2D eigenvalue weighted by molar-refractivity contribution is 9.08. The van der Waals surface area contributed by atoms with Crippen LogP contribution in [0.4, 0.5) is 0 Å². The average molecular weight is 1210 g/mol. The molecule has 0 amide bonds. The lowest BCUT2D eigenvalue weighted by Gasteiger charge is -2.36. The van der Waals surface area contributed by atoms with Crippen molar-refractivity contribution in [3.63, 3.8) is 0 Å². The van der Waals surface area contributed by atoms with Gasteiger partial charge in [0.05, 0.1) is 7.05 Å². The number of hydrogen-bond donors (Lipinski definition) is 1. The Kier molecular flexibility index (Phi) is 19.4. The predicted molar refractivity (Wildman–Crippen MR) is 337 cm³/mol. The number of aryl methyl sites for hydroxylation is 1. The van der Waals surface area contributed by atoms with Gasteiger partial charge in [0, 0.05) is 40.4 Å². The number of quaternary nitrogens is 1. The van der Waals surface area contributed by atoms with E-state index in [4.69, 9.17) is 0 Å². The molecule has 1 N–H and O–H groups in total. The summed E-state index contributed by atoms with van der Waals surface area (Å²) in [7, 11) is 2.41. The molecule has 0 fully saturated rings. The molecule has 0 saturated carbocycles. The lowest BCUT2D eigenvalue weighted by molar-refractivity contribution is -0.948. The zero-order chi connectivity index (χ0) is 52.8. The molecule has 12 rings (SSSR count). The fourth-order valence-corrected chi connectivity index (χ4v) is 12.0. The van der Waals surface area contributed by atoms with Crippen molar-refractivity contribution in [3.05, 3.63) is 311 Å². The second kappa shape index (κ2) is 27.1. The van der Waals surface area contributed by atoms with Crippen LogP contribution in [0, 0.1) is 6.92 Å². The van der Waals surface area contributed by atoms with Gasteiger partial charge in [-0.05, 0) is 100 Å². The third-order valence-electron chi connectivity index (χ3n) is 14.7. The molecule has 0 aromatic heterocycles. The number of nitrogens with zero attached hydrogens (tertiary/aromatic N) is 1. The number of rotatable bonds is 14. The molecule has 0 heterocycles. The van der Waals surface area contributed by atoms with Crippen LogP contribution in [0.2, 0.25) is 0 Å². The van der Waals surface area contributed by atoms with E-state index in [9.17, 15) is 0 Å². The van der Waals surface area contributed by atoms with Crippen LogP contribution in [0.25, 0.3) is 65.3 Å². The molecule has 0 aliphatic carbocycles. The summed E-state index contributed by atoms with van der Waals surface area (Å²) in [6.07, 6.45) is 0. The second-order valence-corrected chi connectivity index (χ2v) is 21.5. The van der Waals surface area contributed by atoms with Crippen molar-refractivity contribution in [2.24, 2.45) is 0 Å². The van der Waals surface area contributed by atoms with Crippen LogP contribution in [0.1, 0.15) is 44.5 Å². The first kappa shape index (κ1) is 55.8. The van der Waals surface area contributed by atoms with E-state index < -0.39 is 0 Å². The van der Waals surface area contributed by atoms with Crippen molar-refractivity contribution in [1.29, 1.82) is 0 Å². The summed E-state index contributed by atoms with van der Waals surface area (Å²) < 4.78 is 0.892. The van der Waals surface area contributed by atoms with Crippen molar-refractivity contribution in [1.82, 2.24) is 5.32 Å². The van der Waals surface area contributed by atoms with Crippen LogP contribution in [-0.4, -0.2) is 11.5 Å². The monoisotopic (exact) mass is 1210 g/mol. The van der Waals surface area contributed by atoms with E-state index in [1.807, 2.05) is 12.1 Å². The van der Waals surface area contributed by atoms with Crippen molar-refractivity contribution in [2.45, 2.75) is 50.3 Å². The SMILES string of the molecule is BrCc1ccc2ccccc2c1-c1c(CBr)ccc2ccccc12.Cc1ccc2ccccc2c1-c1c(C[N+](C)(Cc2ccccc2)Cc2ccccc2)ccc2ccccc12.[Br-].c1ccc(CNCc2ccccc2)cc1. The number of fused-ring (bicyclic) bond motifs is 4. The van der Waals surface area contributed by atoms with Crippen LogP contribution < -0.4 is 22.3 Å². The zero-order valence-electron chi connectivity index (χ0n) is 44.4. The van der Waals surface area contributed by atoms with Gasteiger partial charge in [-0.15, -0.1) is 0 Å². The summed E-state index contributed by atoms with van der Waals surface area (Å²) in [6, 6.07) is 95.9. The minimum atomic E-state index is 0.